The van der Waals surface area contributed by atoms with E-state index in [0.717, 1.165) is 6.42 Å². The Morgan fingerprint density at radius 3 is 1.63 bits per heavy atom. The first-order valence-electron chi connectivity index (χ1n) is 11.9. The normalized spacial score (nSPS) is 13.3. The molecule has 2 N–H and O–H groups in total. The lowest BCUT2D eigenvalue weighted by Crippen LogP contribution is -2.37. The van der Waals surface area contributed by atoms with E-state index in [-0.39, 0.29) is 11.3 Å². The van der Waals surface area contributed by atoms with Crippen LogP contribution < -0.4 is 5.73 Å². The van der Waals surface area contributed by atoms with E-state index in [1.165, 1.54) is 96.3 Å². The number of hydrogen-bond acceptors (Lipinski definition) is 1. The summed E-state index contributed by atoms with van der Waals surface area (Å²) < 4.78 is 0. The molecule has 0 rings (SSSR count). The summed E-state index contributed by atoms with van der Waals surface area (Å²) >= 11 is 0. The van der Waals surface area contributed by atoms with Gasteiger partial charge in [0, 0.05) is 5.41 Å². The molecule has 2 heteroatoms. The Labute approximate surface area is 170 Å². The number of unbranched alkanes of at least 4 members (excludes halogenated alkanes) is 13. The fourth-order valence-electron chi connectivity index (χ4n) is 3.48. The van der Waals surface area contributed by atoms with Gasteiger partial charge in [-0.05, 0) is 38.0 Å². The van der Waals surface area contributed by atoms with Crippen LogP contribution in [0.3, 0.4) is 0 Å². The molecule has 0 aliphatic carbocycles. The van der Waals surface area contributed by atoms with Gasteiger partial charge in [0.15, 0.2) is 0 Å². The maximum absolute atomic E-state index is 11.5. The van der Waals surface area contributed by atoms with Gasteiger partial charge >= 0.3 is 0 Å². The van der Waals surface area contributed by atoms with Crippen LogP contribution in [-0.4, -0.2) is 5.91 Å². The van der Waals surface area contributed by atoms with Gasteiger partial charge in [-0.1, -0.05) is 110 Å². The van der Waals surface area contributed by atoms with Crippen molar-refractivity contribution in [3.05, 3.63) is 12.2 Å². The fourth-order valence-corrected chi connectivity index (χ4v) is 3.48. The molecule has 0 saturated carbocycles. The largest absolute Gasteiger partial charge is 0.369 e. The lowest BCUT2D eigenvalue weighted by Gasteiger charge is -2.28. The molecule has 0 heterocycles. The molecular weight excluding hydrogens is 330 g/mol. The van der Waals surface area contributed by atoms with Crippen LogP contribution in [0, 0.1) is 11.3 Å². The van der Waals surface area contributed by atoms with Crippen molar-refractivity contribution >= 4 is 5.91 Å². The van der Waals surface area contributed by atoms with Gasteiger partial charge in [-0.2, -0.15) is 0 Å². The van der Waals surface area contributed by atoms with Gasteiger partial charge in [0.1, 0.15) is 0 Å². The maximum atomic E-state index is 11.5. The third-order valence-electron chi connectivity index (χ3n) is 6.27. The van der Waals surface area contributed by atoms with Crippen LogP contribution in [0.1, 0.15) is 130 Å². The molecule has 0 aliphatic rings. The predicted molar refractivity (Wildman–Crippen MR) is 121 cm³/mol. The molecule has 0 saturated heterocycles. The molecule has 1 amide bonds. The number of carbonyl (C=O) groups is 1. The van der Waals surface area contributed by atoms with Gasteiger partial charge in [0.25, 0.3) is 0 Å². The van der Waals surface area contributed by atoms with Crippen LogP contribution in [0.2, 0.25) is 0 Å². The molecule has 0 aliphatic heterocycles. The standard InChI is InChI=1S/C25H49NO/c1-5-6-7-8-9-10-11-12-13-14-15-16-17-18-19-20-21-22-23(2)25(3,4)24(26)27/h12-13,23H,5-11,14-22H2,1-4H3,(H2,26,27). The minimum absolute atomic E-state index is 0.170. The highest BCUT2D eigenvalue weighted by molar-refractivity contribution is 5.80. The van der Waals surface area contributed by atoms with Crippen molar-refractivity contribution in [1.82, 2.24) is 0 Å². The first kappa shape index (κ1) is 26.2. The molecule has 0 aromatic heterocycles. The summed E-state index contributed by atoms with van der Waals surface area (Å²) in [7, 11) is 0. The van der Waals surface area contributed by atoms with Gasteiger partial charge in [0.05, 0.1) is 0 Å². The Bertz CT molecular complexity index is 373. The van der Waals surface area contributed by atoms with Crippen LogP contribution in [0.4, 0.5) is 0 Å². The molecule has 0 spiro atoms. The monoisotopic (exact) mass is 379 g/mol. The molecule has 0 fully saturated rings. The van der Waals surface area contributed by atoms with Crippen molar-refractivity contribution in [1.29, 1.82) is 0 Å². The highest BCUT2D eigenvalue weighted by Crippen LogP contribution is 2.30. The maximum Gasteiger partial charge on any atom is 0.223 e. The Hall–Kier alpha value is -0.790. The van der Waals surface area contributed by atoms with E-state index in [2.05, 4.69) is 26.0 Å². The number of primary amides is 1. The van der Waals surface area contributed by atoms with Crippen LogP contribution in [-0.2, 0) is 4.79 Å². The average molecular weight is 380 g/mol. The Balaban J connectivity index is 3.34. The Morgan fingerprint density at radius 2 is 1.19 bits per heavy atom. The zero-order valence-corrected chi connectivity index (χ0v) is 19.0. The Morgan fingerprint density at radius 1 is 0.778 bits per heavy atom. The van der Waals surface area contributed by atoms with Crippen molar-refractivity contribution in [3.63, 3.8) is 0 Å². The van der Waals surface area contributed by atoms with E-state index in [1.54, 1.807) is 0 Å². The van der Waals surface area contributed by atoms with Crippen molar-refractivity contribution in [2.75, 3.05) is 0 Å². The molecule has 0 aromatic rings. The Kier molecular flexibility index (Phi) is 16.8. The summed E-state index contributed by atoms with van der Waals surface area (Å²) in [6.07, 6.45) is 26.1. The molecule has 1 atom stereocenters. The fraction of sp³-hybridized carbons (Fsp3) is 0.880. The van der Waals surface area contributed by atoms with Crippen LogP contribution in [0.25, 0.3) is 0 Å². The first-order chi connectivity index (χ1) is 12.9. The van der Waals surface area contributed by atoms with E-state index in [4.69, 9.17) is 5.73 Å². The number of amides is 1. The molecule has 1 unspecified atom stereocenters. The molecular formula is C25H49NO. The second kappa shape index (κ2) is 17.3. The summed E-state index contributed by atoms with van der Waals surface area (Å²) in [5.41, 5.74) is 5.12. The molecule has 0 aromatic carbocycles. The SMILES string of the molecule is CCCCCCCCC=CCCCCCCCCCC(C)C(C)(C)C(N)=O. The summed E-state index contributed by atoms with van der Waals surface area (Å²) in [4.78, 5) is 11.5. The van der Waals surface area contributed by atoms with E-state index in [1.807, 2.05) is 13.8 Å². The summed E-state index contributed by atoms with van der Waals surface area (Å²) in [6, 6.07) is 0. The third-order valence-corrected chi connectivity index (χ3v) is 6.27. The number of hydrogen-bond donors (Lipinski definition) is 1. The molecule has 160 valence electrons. The smallest absolute Gasteiger partial charge is 0.223 e. The van der Waals surface area contributed by atoms with Crippen LogP contribution in [0.15, 0.2) is 12.2 Å². The van der Waals surface area contributed by atoms with Gasteiger partial charge in [-0.3, -0.25) is 4.79 Å². The zero-order valence-electron chi connectivity index (χ0n) is 19.0. The van der Waals surface area contributed by atoms with Gasteiger partial charge in [-0.25, -0.2) is 0 Å². The minimum atomic E-state index is -0.372. The second-order valence-corrected chi connectivity index (χ2v) is 9.07. The van der Waals surface area contributed by atoms with E-state index in [0.29, 0.717) is 5.92 Å². The minimum Gasteiger partial charge on any atom is -0.369 e. The summed E-state index contributed by atoms with van der Waals surface area (Å²) in [5, 5.41) is 0. The molecule has 0 bridgehead atoms. The summed E-state index contributed by atoms with van der Waals surface area (Å²) in [6.45, 7) is 8.38. The number of nitrogens with two attached hydrogens (primary N) is 1. The van der Waals surface area contributed by atoms with Crippen molar-refractivity contribution in [2.24, 2.45) is 17.1 Å². The zero-order chi connectivity index (χ0) is 20.4. The van der Waals surface area contributed by atoms with E-state index in [9.17, 15) is 4.79 Å². The van der Waals surface area contributed by atoms with E-state index >= 15 is 0 Å². The van der Waals surface area contributed by atoms with Crippen molar-refractivity contribution in [3.8, 4) is 0 Å². The molecule has 27 heavy (non-hydrogen) atoms. The third kappa shape index (κ3) is 14.9. The molecule has 0 radical (unpaired) electrons. The van der Waals surface area contributed by atoms with Crippen molar-refractivity contribution < 1.29 is 4.79 Å². The van der Waals surface area contributed by atoms with Crippen LogP contribution in [0.5, 0.6) is 0 Å². The highest BCUT2D eigenvalue weighted by Gasteiger charge is 2.31. The quantitative estimate of drug-likeness (QED) is 0.179. The second-order valence-electron chi connectivity index (χ2n) is 9.07. The first-order valence-corrected chi connectivity index (χ1v) is 11.9. The van der Waals surface area contributed by atoms with Gasteiger partial charge in [0.2, 0.25) is 5.91 Å². The highest BCUT2D eigenvalue weighted by atomic mass is 16.1. The van der Waals surface area contributed by atoms with Crippen LogP contribution >= 0.6 is 0 Å². The summed E-state index contributed by atoms with van der Waals surface area (Å²) in [5.74, 6) is 0.203. The number of allylic oxidation sites excluding steroid dienone is 2. The van der Waals surface area contributed by atoms with Crippen molar-refractivity contribution in [2.45, 2.75) is 130 Å². The number of rotatable bonds is 19. The average Bonchev–Trinajstić information content (AvgIpc) is 2.63. The van der Waals surface area contributed by atoms with Gasteiger partial charge in [-0.15, -0.1) is 0 Å². The predicted octanol–water partition coefficient (Wildman–Crippen LogP) is 7.95. The van der Waals surface area contributed by atoms with Gasteiger partial charge < -0.3 is 5.73 Å². The molecule has 2 nitrogen and oxygen atoms in total. The number of carbonyl (C=O) groups excluding carboxylic acids is 1. The lowest BCUT2D eigenvalue weighted by atomic mass is 9.77. The van der Waals surface area contributed by atoms with E-state index < -0.39 is 0 Å². The topological polar surface area (TPSA) is 43.1 Å². The lowest BCUT2D eigenvalue weighted by molar-refractivity contribution is -0.128.